The molecule has 0 amide bonds. The van der Waals surface area contributed by atoms with Crippen molar-refractivity contribution in [2.75, 3.05) is 0 Å². The van der Waals surface area contributed by atoms with Gasteiger partial charge in [-0.2, -0.15) is 0 Å². The topological polar surface area (TPSA) is 77.6 Å². The van der Waals surface area contributed by atoms with Gasteiger partial charge in [0.05, 0.1) is 29.5 Å². The lowest BCUT2D eigenvalue weighted by atomic mass is 10.2. The molecule has 0 saturated carbocycles. The van der Waals surface area contributed by atoms with Gasteiger partial charge in [-0.15, -0.1) is 0 Å². The van der Waals surface area contributed by atoms with E-state index in [0.717, 1.165) is 21.4 Å². The number of hydrogen-bond acceptors (Lipinski definition) is 3. The molecule has 3 aromatic heterocycles. The van der Waals surface area contributed by atoms with Crippen LogP contribution < -0.4 is 11.1 Å². The van der Waals surface area contributed by atoms with Gasteiger partial charge in [0.15, 0.2) is 0 Å². The van der Waals surface area contributed by atoms with Crippen molar-refractivity contribution in [3.05, 3.63) is 115 Å². The molecule has 5 aromatic rings. The van der Waals surface area contributed by atoms with Crippen LogP contribution in [0, 0.1) is 6.92 Å². The summed E-state index contributed by atoms with van der Waals surface area (Å²) in [5.41, 5.74) is 3.76. The number of nitrogens with one attached hydrogen (secondary N) is 1. The van der Waals surface area contributed by atoms with E-state index in [9.17, 15) is 9.59 Å². The lowest BCUT2D eigenvalue weighted by molar-refractivity contribution is 0.611. The first-order chi connectivity index (χ1) is 16.0. The van der Waals surface area contributed by atoms with Crippen molar-refractivity contribution in [2.24, 2.45) is 0 Å². The molecule has 0 unspecified atom stereocenters. The summed E-state index contributed by atoms with van der Waals surface area (Å²) >= 11 is 3.47. The number of rotatable bonds is 6. The SMILES string of the molecule is Cc1c2c(=O)n(-c3ccccc3)n(Cc3ccc(Br)cc3)c2cc(=O)n1CCc1cnc[nH]1. The summed E-state index contributed by atoms with van der Waals surface area (Å²) in [6.07, 6.45) is 3.99. The van der Waals surface area contributed by atoms with Gasteiger partial charge in [-0.1, -0.05) is 46.3 Å². The molecule has 0 fully saturated rings. The second-order valence-electron chi connectivity index (χ2n) is 7.94. The first kappa shape index (κ1) is 21.2. The van der Waals surface area contributed by atoms with Crippen molar-refractivity contribution in [2.45, 2.75) is 26.4 Å². The van der Waals surface area contributed by atoms with Gasteiger partial charge < -0.3 is 9.55 Å². The standard InChI is InChI=1S/C25H22BrN5O2/c1-17-24-22(13-23(32)29(17)12-11-20-14-27-16-28-20)30(15-18-7-9-19(26)10-8-18)31(25(24)33)21-5-3-2-4-6-21/h2-10,13-14,16H,11-12,15H2,1H3,(H,27,28). The summed E-state index contributed by atoms with van der Waals surface area (Å²) in [6, 6.07) is 19.1. The zero-order chi connectivity index (χ0) is 22.9. The van der Waals surface area contributed by atoms with Crippen LogP contribution in [0.2, 0.25) is 0 Å². The Labute approximate surface area is 198 Å². The number of aromatic nitrogens is 5. The molecule has 3 heterocycles. The normalized spacial score (nSPS) is 11.3. The van der Waals surface area contributed by atoms with Gasteiger partial charge in [0, 0.05) is 41.1 Å². The summed E-state index contributed by atoms with van der Waals surface area (Å²) in [4.78, 5) is 33.9. The van der Waals surface area contributed by atoms with Crippen LogP contribution in [0.4, 0.5) is 0 Å². The molecule has 0 spiro atoms. The summed E-state index contributed by atoms with van der Waals surface area (Å²) in [6.45, 7) is 2.76. The minimum absolute atomic E-state index is 0.130. The molecule has 0 atom stereocenters. The highest BCUT2D eigenvalue weighted by Crippen LogP contribution is 2.20. The van der Waals surface area contributed by atoms with Gasteiger partial charge in [0.25, 0.3) is 11.1 Å². The Balaban J connectivity index is 1.70. The van der Waals surface area contributed by atoms with Crippen molar-refractivity contribution in [3.8, 4) is 5.69 Å². The van der Waals surface area contributed by atoms with E-state index in [0.29, 0.717) is 36.1 Å². The number of pyridine rings is 1. The van der Waals surface area contributed by atoms with E-state index in [2.05, 4.69) is 25.9 Å². The van der Waals surface area contributed by atoms with Crippen LogP contribution in [0.25, 0.3) is 16.6 Å². The molecule has 5 rings (SSSR count). The largest absolute Gasteiger partial charge is 0.348 e. The first-order valence-corrected chi connectivity index (χ1v) is 11.5. The number of fused-ring (bicyclic) bond motifs is 1. The Morgan fingerprint density at radius 2 is 1.79 bits per heavy atom. The van der Waals surface area contributed by atoms with Crippen LogP contribution in [0.1, 0.15) is 17.0 Å². The maximum Gasteiger partial charge on any atom is 0.281 e. The third-order valence-electron chi connectivity index (χ3n) is 5.88. The van der Waals surface area contributed by atoms with Gasteiger partial charge in [-0.25, -0.2) is 9.67 Å². The number of halogens is 1. The highest BCUT2D eigenvalue weighted by molar-refractivity contribution is 9.10. The lowest BCUT2D eigenvalue weighted by Gasteiger charge is -2.14. The second kappa shape index (κ2) is 8.71. The van der Waals surface area contributed by atoms with Crippen LogP contribution in [0.5, 0.6) is 0 Å². The van der Waals surface area contributed by atoms with E-state index >= 15 is 0 Å². The summed E-state index contributed by atoms with van der Waals surface area (Å²) < 4.78 is 6.21. The van der Waals surface area contributed by atoms with Crippen molar-refractivity contribution < 1.29 is 0 Å². The maximum absolute atomic E-state index is 13.7. The molecular formula is C25H22BrN5O2. The van der Waals surface area contributed by atoms with Gasteiger partial charge in [-0.05, 0) is 36.8 Å². The molecule has 0 aliphatic carbocycles. The fourth-order valence-electron chi connectivity index (χ4n) is 4.22. The Kier molecular flexibility index (Phi) is 5.60. The highest BCUT2D eigenvalue weighted by atomic mass is 79.9. The monoisotopic (exact) mass is 503 g/mol. The van der Waals surface area contributed by atoms with Crippen molar-refractivity contribution >= 4 is 26.8 Å². The molecule has 0 bridgehead atoms. The molecule has 8 heteroatoms. The van der Waals surface area contributed by atoms with Crippen LogP contribution in [-0.4, -0.2) is 23.9 Å². The van der Waals surface area contributed by atoms with Crippen LogP contribution in [0.15, 0.2) is 87.2 Å². The fraction of sp³-hybridized carbons (Fsp3) is 0.160. The molecule has 2 aromatic carbocycles. The minimum Gasteiger partial charge on any atom is -0.348 e. The van der Waals surface area contributed by atoms with Crippen LogP contribution in [-0.2, 0) is 19.5 Å². The van der Waals surface area contributed by atoms with Crippen LogP contribution in [0.3, 0.4) is 0 Å². The first-order valence-electron chi connectivity index (χ1n) is 10.7. The number of aryl methyl sites for hydroxylation is 2. The van der Waals surface area contributed by atoms with E-state index < -0.39 is 0 Å². The minimum atomic E-state index is -0.138. The summed E-state index contributed by atoms with van der Waals surface area (Å²) in [5, 5.41) is 0.556. The average Bonchev–Trinajstić information content (AvgIpc) is 3.42. The smallest absolute Gasteiger partial charge is 0.281 e. The Morgan fingerprint density at radius 3 is 2.48 bits per heavy atom. The van der Waals surface area contributed by atoms with E-state index in [1.54, 1.807) is 27.8 Å². The quantitative estimate of drug-likeness (QED) is 0.379. The number of imidazole rings is 1. The fourth-order valence-corrected chi connectivity index (χ4v) is 4.48. The predicted molar refractivity (Wildman–Crippen MR) is 132 cm³/mol. The summed E-state index contributed by atoms with van der Waals surface area (Å²) in [5.74, 6) is 0. The number of H-pyrrole nitrogens is 1. The lowest BCUT2D eigenvalue weighted by Crippen LogP contribution is -2.24. The Morgan fingerprint density at radius 1 is 1.03 bits per heavy atom. The third-order valence-corrected chi connectivity index (χ3v) is 6.41. The maximum atomic E-state index is 13.7. The van der Waals surface area contributed by atoms with Crippen molar-refractivity contribution in [1.82, 2.24) is 23.9 Å². The molecule has 1 N–H and O–H groups in total. The highest BCUT2D eigenvalue weighted by Gasteiger charge is 2.20. The van der Waals surface area contributed by atoms with E-state index in [1.807, 2.05) is 66.2 Å². The second-order valence-corrected chi connectivity index (χ2v) is 8.86. The van der Waals surface area contributed by atoms with Gasteiger partial charge >= 0.3 is 0 Å². The third kappa shape index (κ3) is 3.98. The van der Waals surface area contributed by atoms with E-state index in [4.69, 9.17) is 0 Å². The van der Waals surface area contributed by atoms with Crippen molar-refractivity contribution in [3.63, 3.8) is 0 Å². The number of aromatic amines is 1. The molecule has 0 aliphatic rings. The molecular weight excluding hydrogens is 482 g/mol. The number of para-hydroxylation sites is 1. The Bertz CT molecular complexity index is 1530. The molecule has 7 nitrogen and oxygen atoms in total. The zero-order valence-corrected chi connectivity index (χ0v) is 19.6. The van der Waals surface area contributed by atoms with E-state index in [-0.39, 0.29) is 11.1 Å². The Hall–Kier alpha value is -3.65. The van der Waals surface area contributed by atoms with E-state index in [1.165, 1.54) is 0 Å². The average molecular weight is 504 g/mol. The molecule has 0 aliphatic heterocycles. The molecule has 166 valence electrons. The molecule has 0 saturated heterocycles. The van der Waals surface area contributed by atoms with Gasteiger partial charge in [0.2, 0.25) is 0 Å². The number of benzene rings is 2. The van der Waals surface area contributed by atoms with Crippen molar-refractivity contribution in [1.29, 1.82) is 0 Å². The predicted octanol–water partition coefficient (Wildman–Crippen LogP) is 4.04. The number of hydrogen-bond donors (Lipinski definition) is 1. The molecule has 0 radical (unpaired) electrons. The number of nitrogens with zero attached hydrogens (tertiary/aromatic N) is 4. The van der Waals surface area contributed by atoms with Gasteiger partial charge in [0.1, 0.15) is 0 Å². The molecule has 33 heavy (non-hydrogen) atoms. The zero-order valence-electron chi connectivity index (χ0n) is 18.0. The summed E-state index contributed by atoms with van der Waals surface area (Å²) in [7, 11) is 0. The van der Waals surface area contributed by atoms with Gasteiger partial charge in [-0.3, -0.25) is 14.3 Å². The van der Waals surface area contributed by atoms with Crippen LogP contribution >= 0.6 is 15.9 Å².